The van der Waals surface area contributed by atoms with Gasteiger partial charge < -0.3 is 10.3 Å². The maximum Gasteiger partial charge on any atom is 0.406 e. The van der Waals surface area contributed by atoms with Crippen molar-refractivity contribution in [3.63, 3.8) is 0 Å². The summed E-state index contributed by atoms with van der Waals surface area (Å²) in [5.41, 5.74) is 2.33. The molecule has 1 amide bonds. The Morgan fingerprint density at radius 3 is 2.63 bits per heavy atom. The van der Waals surface area contributed by atoms with Crippen LogP contribution in [0, 0.1) is 0 Å². The highest BCUT2D eigenvalue weighted by Gasteiger charge is 2.34. The highest BCUT2D eigenvalue weighted by Crippen LogP contribution is 2.20. The van der Waals surface area contributed by atoms with Crippen molar-refractivity contribution in [2.75, 3.05) is 12.0 Å². The van der Waals surface area contributed by atoms with Crippen LogP contribution in [-0.4, -0.2) is 34.6 Å². The summed E-state index contributed by atoms with van der Waals surface area (Å²) in [7, 11) is 0. The Labute approximate surface area is 108 Å². The number of nitrogens with one attached hydrogen (secondary N) is 1. The van der Waals surface area contributed by atoms with Crippen molar-refractivity contribution in [2.24, 2.45) is 5.84 Å². The van der Waals surface area contributed by atoms with Crippen LogP contribution in [0.15, 0.2) is 18.3 Å². The Morgan fingerprint density at radius 2 is 2.16 bits per heavy atom. The summed E-state index contributed by atoms with van der Waals surface area (Å²) < 4.78 is 37.3. The summed E-state index contributed by atoms with van der Waals surface area (Å²) in [4.78, 5) is 16.6. The summed E-state index contributed by atoms with van der Waals surface area (Å²) in [6.45, 7) is 1.75. The Bertz CT molecular complexity index is 448. The van der Waals surface area contributed by atoms with Gasteiger partial charge in [-0.25, -0.2) is 10.8 Å². The smallest absolute Gasteiger partial charge is 0.327 e. The van der Waals surface area contributed by atoms with Gasteiger partial charge in [0.05, 0.1) is 0 Å². The molecular weight excluding hydrogens is 261 g/mol. The van der Waals surface area contributed by atoms with E-state index in [2.05, 4.69) is 10.4 Å². The van der Waals surface area contributed by atoms with Crippen molar-refractivity contribution >= 4 is 11.7 Å². The highest BCUT2D eigenvalue weighted by atomic mass is 19.4. The van der Waals surface area contributed by atoms with E-state index in [1.807, 2.05) is 0 Å². The molecule has 5 nitrogen and oxygen atoms in total. The van der Waals surface area contributed by atoms with Crippen LogP contribution in [-0.2, 0) is 0 Å². The molecule has 0 aliphatic carbocycles. The number of hydrogen-bond donors (Lipinski definition) is 2. The number of carbonyl (C=O) groups is 1. The molecule has 0 unspecified atom stereocenters. The number of amides is 1. The molecule has 0 aliphatic heterocycles. The molecule has 0 spiro atoms. The average Bonchev–Trinajstić information content (AvgIpc) is 2.34. The standard InChI is InChI=1S/C11H15F3N4O/c1-7(2)18(6-11(12,13)14)10(19)8-3-4-16-9(5-8)17-15/h3-5,7H,6,15H2,1-2H3,(H,16,17). The third kappa shape index (κ3) is 4.40. The van der Waals surface area contributed by atoms with E-state index in [0.29, 0.717) is 0 Å². The number of anilines is 1. The molecular formula is C11H15F3N4O. The lowest BCUT2D eigenvalue weighted by Gasteiger charge is -2.27. The zero-order valence-corrected chi connectivity index (χ0v) is 10.5. The fraction of sp³-hybridized carbons (Fsp3) is 0.455. The van der Waals surface area contributed by atoms with Crippen molar-refractivity contribution in [2.45, 2.75) is 26.1 Å². The molecule has 0 saturated carbocycles. The number of hydrazine groups is 1. The first-order chi connectivity index (χ1) is 8.74. The molecule has 8 heteroatoms. The molecule has 0 saturated heterocycles. The maximum atomic E-state index is 12.4. The minimum atomic E-state index is -4.44. The first kappa shape index (κ1) is 15.2. The van der Waals surface area contributed by atoms with Crippen LogP contribution in [0.2, 0.25) is 0 Å². The lowest BCUT2D eigenvalue weighted by Crippen LogP contribution is -2.43. The fourth-order valence-corrected chi connectivity index (χ4v) is 1.49. The summed E-state index contributed by atoms with van der Waals surface area (Å²) in [6.07, 6.45) is -3.14. The topological polar surface area (TPSA) is 71.2 Å². The Morgan fingerprint density at radius 1 is 1.53 bits per heavy atom. The number of alkyl halides is 3. The second-order valence-electron chi connectivity index (χ2n) is 4.22. The molecule has 1 aromatic rings. The van der Waals surface area contributed by atoms with Gasteiger partial charge in [0.15, 0.2) is 0 Å². The second kappa shape index (κ2) is 5.87. The van der Waals surface area contributed by atoms with E-state index in [9.17, 15) is 18.0 Å². The molecule has 19 heavy (non-hydrogen) atoms. The van der Waals surface area contributed by atoms with Crippen LogP contribution in [0.5, 0.6) is 0 Å². The van der Waals surface area contributed by atoms with Crippen LogP contribution < -0.4 is 11.3 Å². The lowest BCUT2D eigenvalue weighted by molar-refractivity contribution is -0.143. The van der Waals surface area contributed by atoms with Crippen molar-refractivity contribution in [1.82, 2.24) is 9.88 Å². The Kier molecular flexibility index (Phi) is 4.71. The van der Waals surface area contributed by atoms with Crippen LogP contribution in [0.1, 0.15) is 24.2 Å². The number of rotatable bonds is 4. The summed E-state index contributed by atoms with van der Waals surface area (Å²) in [5, 5.41) is 0. The monoisotopic (exact) mass is 276 g/mol. The van der Waals surface area contributed by atoms with Crippen LogP contribution >= 0.6 is 0 Å². The number of nitrogens with two attached hydrogens (primary N) is 1. The van der Waals surface area contributed by atoms with Gasteiger partial charge in [0.25, 0.3) is 5.91 Å². The number of hydrogen-bond acceptors (Lipinski definition) is 4. The number of nitrogens with zero attached hydrogens (tertiary/aromatic N) is 2. The van der Waals surface area contributed by atoms with Gasteiger partial charge in [-0.05, 0) is 26.0 Å². The van der Waals surface area contributed by atoms with Crippen molar-refractivity contribution < 1.29 is 18.0 Å². The first-order valence-corrected chi connectivity index (χ1v) is 5.55. The summed E-state index contributed by atoms with van der Waals surface area (Å²) >= 11 is 0. The van der Waals surface area contributed by atoms with Gasteiger partial charge in [-0.1, -0.05) is 0 Å². The van der Waals surface area contributed by atoms with Crippen LogP contribution in [0.25, 0.3) is 0 Å². The van der Waals surface area contributed by atoms with Gasteiger partial charge in [-0.2, -0.15) is 13.2 Å². The number of pyridine rings is 1. The molecule has 0 aromatic carbocycles. The SMILES string of the molecule is CC(C)N(CC(F)(F)F)C(=O)c1ccnc(NN)c1. The number of halogens is 3. The first-order valence-electron chi connectivity index (χ1n) is 5.55. The maximum absolute atomic E-state index is 12.4. The molecule has 1 rings (SSSR count). The van der Waals surface area contributed by atoms with Gasteiger partial charge in [0, 0.05) is 17.8 Å². The molecule has 3 N–H and O–H groups in total. The van der Waals surface area contributed by atoms with Crippen LogP contribution in [0.4, 0.5) is 19.0 Å². The van der Waals surface area contributed by atoms with E-state index in [1.54, 1.807) is 0 Å². The largest absolute Gasteiger partial charge is 0.406 e. The fourth-order valence-electron chi connectivity index (χ4n) is 1.49. The van der Waals surface area contributed by atoms with E-state index in [1.165, 1.54) is 32.2 Å². The van der Waals surface area contributed by atoms with Gasteiger partial charge in [-0.3, -0.25) is 4.79 Å². The van der Waals surface area contributed by atoms with Gasteiger partial charge in [0.2, 0.25) is 0 Å². The molecule has 1 aromatic heterocycles. The summed E-state index contributed by atoms with van der Waals surface area (Å²) in [5.74, 6) is 4.63. The number of carbonyl (C=O) groups excluding carboxylic acids is 1. The predicted molar refractivity (Wildman–Crippen MR) is 64.3 cm³/mol. The number of nitrogen functional groups attached to an aromatic ring is 1. The summed E-state index contributed by atoms with van der Waals surface area (Å²) in [6, 6.07) is 2.07. The zero-order chi connectivity index (χ0) is 14.6. The van der Waals surface area contributed by atoms with E-state index < -0.39 is 24.7 Å². The van der Waals surface area contributed by atoms with E-state index in [0.717, 1.165) is 4.90 Å². The molecule has 0 atom stereocenters. The quantitative estimate of drug-likeness (QED) is 0.649. The third-order valence-corrected chi connectivity index (χ3v) is 2.39. The van der Waals surface area contributed by atoms with Gasteiger partial charge in [-0.15, -0.1) is 0 Å². The molecule has 0 bridgehead atoms. The Balaban J connectivity index is 2.99. The highest BCUT2D eigenvalue weighted by molar-refractivity contribution is 5.95. The molecule has 0 radical (unpaired) electrons. The average molecular weight is 276 g/mol. The van der Waals surface area contributed by atoms with Gasteiger partial charge in [0.1, 0.15) is 12.4 Å². The van der Waals surface area contributed by atoms with Crippen molar-refractivity contribution in [3.8, 4) is 0 Å². The third-order valence-electron chi connectivity index (χ3n) is 2.39. The minimum Gasteiger partial charge on any atom is -0.327 e. The van der Waals surface area contributed by atoms with E-state index in [-0.39, 0.29) is 11.4 Å². The predicted octanol–water partition coefficient (Wildman–Crippen LogP) is 1.78. The van der Waals surface area contributed by atoms with E-state index >= 15 is 0 Å². The normalized spacial score (nSPS) is 11.5. The molecule has 0 fully saturated rings. The molecule has 0 aliphatic rings. The van der Waals surface area contributed by atoms with Crippen LogP contribution in [0.3, 0.4) is 0 Å². The van der Waals surface area contributed by atoms with E-state index in [4.69, 9.17) is 5.84 Å². The Hall–Kier alpha value is -1.83. The lowest BCUT2D eigenvalue weighted by atomic mass is 10.2. The van der Waals surface area contributed by atoms with Crippen molar-refractivity contribution in [3.05, 3.63) is 23.9 Å². The zero-order valence-electron chi connectivity index (χ0n) is 10.5. The molecule has 106 valence electrons. The molecule has 1 heterocycles. The van der Waals surface area contributed by atoms with Crippen molar-refractivity contribution in [1.29, 1.82) is 0 Å². The number of aromatic nitrogens is 1. The van der Waals surface area contributed by atoms with Gasteiger partial charge >= 0.3 is 6.18 Å². The minimum absolute atomic E-state index is 0.0981. The second-order valence-corrected chi connectivity index (χ2v) is 4.22.